The molecule has 5 heteroatoms. The summed E-state index contributed by atoms with van der Waals surface area (Å²) >= 11 is 0. The number of aromatic nitrogens is 1. The van der Waals surface area contributed by atoms with Gasteiger partial charge in [0.15, 0.2) is 0 Å². The van der Waals surface area contributed by atoms with Crippen LogP contribution in [-0.4, -0.2) is 10.9 Å². The number of carbonyl (C=O) groups is 1. The van der Waals surface area contributed by atoms with Gasteiger partial charge in [-0.05, 0) is 30.3 Å². The quantitative estimate of drug-likeness (QED) is 0.679. The first-order chi connectivity index (χ1) is 8.16. The molecule has 0 atom stereocenters. The average Bonchev–Trinajstić information content (AvgIpc) is 2.30. The molecule has 0 saturated heterocycles. The third kappa shape index (κ3) is 2.52. The molecule has 86 valence electrons. The van der Waals surface area contributed by atoms with Crippen molar-refractivity contribution in [3.63, 3.8) is 0 Å². The molecule has 0 spiro atoms. The van der Waals surface area contributed by atoms with Gasteiger partial charge in [0.1, 0.15) is 5.82 Å². The Hall–Kier alpha value is -2.56. The third-order valence-electron chi connectivity index (χ3n) is 2.23. The number of nitrogens with one attached hydrogen (secondary N) is 1. The predicted molar refractivity (Wildman–Crippen MR) is 67.5 cm³/mol. The molecule has 17 heavy (non-hydrogen) atoms. The van der Waals surface area contributed by atoms with Crippen LogP contribution in [-0.2, 0) is 0 Å². The lowest BCUT2D eigenvalue weighted by atomic mass is 10.1. The van der Waals surface area contributed by atoms with E-state index in [2.05, 4.69) is 10.3 Å². The van der Waals surface area contributed by atoms with Gasteiger partial charge in [-0.1, -0.05) is 6.07 Å². The predicted octanol–water partition coefficient (Wildman–Crippen LogP) is 1.50. The van der Waals surface area contributed by atoms with Crippen molar-refractivity contribution in [3.8, 4) is 0 Å². The Morgan fingerprint density at radius 1 is 1.18 bits per heavy atom. The molecule has 0 aliphatic carbocycles. The highest BCUT2D eigenvalue weighted by atomic mass is 16.1. The lowest BCUT2D eigenvalue weighted by Gasteiger charge is -2.07. The summed E-state index contributed by atoms with van der Waals surface area (Å²) < 4.78 is 0. The minimum Gasteiger partial charge on any atom is -0.399 e. The zero-order chi connectivity index (χ0) is 12.3. The van der Waals surface area contributed by atoms with Gasteiger partial charge in [0.05, 0.1) is 5.56 Å². The lowest BCUT2D eigenvalue weighted by molar-refractivity contribution is 0.102. The van der Waals surface area contributed by atoms with Crippen molar-refractivity contribution in [2.45, 2.75) is 0 Å². The molecule has 1 aromatic carbocycles. The monoisotopic (exact) mass is 228 g/mol. The Morgan fingerprint density at radius 2 is 2.00 bits per heavy atom. The minimum atomic E-state index is -0.304. The van der Waals surface area contributed by atoms with Crippen molar-refractivity contribution in [3.05, 3.63) is 48.2 Å². The molecule has 1 aromatic heterocycles. The van der Waals surface area contributed by atoms with E-state index in [4.69, 9.17) is 11.5 Å². The summed E-state index contributed by atoms with van der Waals surface area (Å²) in [6.45, 7) is 0. The number of anilines is 3. The molecule has 0 saturated carbocycles. The Kier molecular flexibility index (Phi) is 2.91. The molecule has 0 bridgehead atoms. The second-order valence-electron chi connectivity index (χ2n) is 3.52. The summed E-state index contributed by atoms with van der Waals surface area (Å²) in [7, 11) is 0. The van der Waals surface area contributed by atoms with Gasteiger partial charge < -0.3 is 16.8 Å². The van der Waals surface area contributed by atoms with Gasteiger partial charge in [-0.3, -0.25) is 4.79 Å². The van der Waals surface area contributed by atoms with Gasteiger partial charge in [-0.15, -0.1) is 0 Å². The number of nitrogen functional groups attached to an aromatic ring is 2. The number of pyridine rings is 1. The highest BCUT2D eigenvalue weighted by Gasteiger charge is 2.10. The van der Waals surface area contributed by atoms with Crippen molar-refractivity contribution in [1.29, 1.82) is 0 Å². The second kappa shape index (κ2) is 4.52. The maximum Gasteiger partial charge on any atom is 0.258 e. The maximum atomic E-state index is 11.9. The number of nitrogens with zero attached hydrogens (tertiary/aromatic N) is 1. The normalized spacial score (nSPS) is 9.88. The molecule has 2 rings (SSSR count). The fraction of sp³-hybridized carbons (Fsp3) is 0. The standard InChI is InChI=1S/C12H12N4O/c13-8-4-5-9(10(14)7-8)12(17)16-11-3-1-2-6-15-11/h1-7H,13-14H2,(H,15,16,17). The molecule has 2 aromatic rings. The van der Waals surface area contributed by atoms with Crippen LogP contribution in [0.5, 0.6) is 0 Å². The van der Waals surface area contributed by atoms with Gasteiger partial charge >= 0.3 is 0 Å². The van der Waals surface area contributed by atoms with Gasteiger partial charge in [0.2, 0.25) is 0 Å². The van der Waals surface area contributed by atoms with E-state index in [1.54, 1.807) is 42.6 Å². The highest BCUT2D eigenvalue weighted by Crippen LogP contribution is 2.16. The van der Waals surface area contributed by atoms with Crippen LogP contribution in [0.1, 0.15) is 10.4 Å². The first-order valence-electron chi connectivity index (χ1n) is 5.04. The van der Waals surface area contributed by atoms with Crippen LogP contribution in [0.2, 0.25) is 0 Å². The van der Waals surface area contributed by atoms with E-state index in [0.717, 1.165) is 0 Å². The number of nitrogens with two attached hydrogens (primary N) is 2. The van der Waals surface area contributed by atoms with Crippen molar-refractivity contribution in [1.82, 2.24) is 4.98 Å². The summed E-state index contributed by atoms with van der Waals surface area (Å²) in [4.78, 5) is 15.9. The van der Waals surface area contributed by atoms with Crippen LogP contribution in [0, 0.1) is 0 Å². The van der Waals surface area contributed by atoms with E-state index in [9.17, 15) is 4.79 Å². The van der Waals surface area contributed by atoms with Crippen molar-refractivity contribution >= 4 is 23.1 Å². The Labute approximate surface area is 98.5 Å². The smallest absolute Gasteiger partial charge is 0.258 e. The zero-order valence-corrected chi connectivity index (χ0v) is 9.05. The van der Waals surface area contributed by atoms with Crippen LogP contribution in [0.25, 0.3) is 0 Å². The number of amides is 1. The number of carbonyl (C=O) groups excluding carboxylic acids is 1. The summed E-state index contributed by atoms with van der Waals surface area (Å²) in [6, 6.07) is 10.0. The molecule has 1 heterocycles. The molecular weight excluding hydrogens is 216 g/mol. The zero-order valence-electron chi connectivity index (χ0n) is 9.05. The van der Waals surface area contributed by atoms with Gasteiger partial charge in [-0.2, -0.15) is 0 Å². The molecule has 0 unspecified atom stereocenters. The molecule has 1 amide bonds. The first-order valence-corrected chi connectivity index (χ1v) is 5.04. The number of rotatable bonds is 2. The maximum absolute atomic E-state index is 11.9. The summed E-state index contributed by atoms with van der Waals surface area (Å²) in [5.41, 5.74) is 12.5. The van der Waals surface area contributed by atoms with Crippen molar-refractivity contribution < 1.29 is 4.79 Å². The summed E-state index contributed by atoms with van der Waals surface area (Å²) in [6.07, 6.45) is 1.60. The number of hydrogen-bond donors (Lipinski definition) is 3. The number of benzene rings is 1. The Morgan fingerprint density at radius 3 is 2.65 bits per heavy atom. The van der Waals surface area contributed by atoms with E-state index in [1.807, 2.05) is 0 Å². The lowest BCUT2D eigenvalue weighted by Crippen LogP contribution is -2.14. The molecule has 0 radical (unpaired) electrons. The van der Waals surface area contributed by atoms with Crippen LogP contribution >= 0.6 is 0 Å². The molecule has 5 N–H and O–H groups in total. The van der Waals surface area contributed by atoms with Crippen LogP contribution in [0.3, 0.4) is 0 Å². The fourth-order valence-corrected chi connectivity index (χ4v) is 1.41. The number of hydrogen-bond acceptors (Lipinski definition) is 4. The van der Waals surface area contributed by atoms with Crippen molar-refractivity contribution in [2.24, 2.45) is 0 Å². The topological polar surface area (TPSA) is 94.0 Å². The van der Waals surface area contributed by atoms with E-state index < -0.39 is 0 Å². The Bertz CT molecular complexity index is 539. The van der Waals surface area contributed by atoms with Crippen LogP contribution < -0.4 is 16.8 Å². The van der Waals surface area contributed by atoms with Gasteiger partial charge in [-0.25, -0.2) is 4.98 Å². The molecule has 5 nitrogen and oxygen atoms in total. The molecule has 0 aliphatic heterocycles. The van der Waals surface area contributed by atoms with Gasteiger partial charge in [0, 0.05) is 17.6 Å². The summed E-state index contributed by atoms with van der Waals surface area (Å²) in [5, 5.41) is 2.65. The van der Waals surface area contributed by atoms with E-state index in [-0.39, 0.29) is 5.91 Å². The SMILES string of the molecule is Nc1ccc(C(=O)Nc2ccccn2)c(N)c1. The second-order valence-corrected chi connectivity index (χ2v) is 3.52. The first kappa shape index (κ1) is 10.9. The largest absolute Gasteiger partial charge is 0.399 e. The highest BCUT2D eigenvalue weighted by molar-refractivity contribution is 6.07. The average molecular weight is 228 g/mol. The van der Waals surface area contributed by atoms with E-state index in [0.29, 0.717) is 22.8 Å². The third-order valence-corrected chi connectivity index (χ3v) is 2.23. The summed E-state index contributed by atoms with van der Waals surface area (Å²) in [5.74, 6) is 0.176. The van der Waals surface area contributed by atoms with E-state index >= 15 is 0 Å². The molecular formula is C12H12N4O. The minimum absolute atomic E-state index is 0.304. The Balaban J connectivity index is 2.21. The van der Waals surface area contributed by atoms with Crippen molar-refractivity contribution in [2.75, 3.05) is 16.8 Å². The molecule has 0 aliphatic rings. The van der Waals surface area contributed by atoms with E-state index in [1.165, 1.54) is 0 Å². The fourth-order valence-electron chi connectivity index (χ4n) is 1.41. The van der Waals surface area contributed by atoms with Crippen LogP contribution in [0.15, 0.2) is 42.6 Å². The van der Waals surface area contributed by atoms with Gasteiger partial charge in [0.25, 0.3) is 5.91 Å². The molecule has 0 fully saturated rings. The van der Waals surface area contributed by atoms with Crippen LogP contribution in [0.4, 0.5) is 17.2 Å².